The molecule has 1 atom stereocenters. The third-order valence-corrected chi connectivity index (χ3v) is 1.73. The van der Waals surface area contributed by atoms with Crippen LogP contribution in [0.2, 0.25) is 0 Å². The van der Waals surface area contributed by atoms with Gasteiger partial charge in [-0.1, -0.05) is 6.07 Å². The Hall–Kier alpha value is -0.970. The number of hydrogen-bond acceptors (Lipinski definition) is 4. The van der Waals surface area contributed by atoms with Crippen molar-refractivity contribution in [3.8, 4) is 0 Å². The number of aliphatic hydroxyl groups excluding tert-OH is 1. The standard InChI is InChI=1S/C8H13N3O/c9-4-7(10)6-2-1-3-11-8(6)5-12/h1-3,7,12H,4-5,9-10H2/t7-/m1/s1. The second-order valence-electron chi connectivity index (χ2n) is 2.54. The Morgan fingerprint density at radius 3 is 2.92 bits per heavy atom. The highest BCUT2D eigenvalue weighted by Gasteiger charge is 2.08. The molecule has 4 nitrogen and oxygen atoms in total. The van der Waals surface area contributed by atoms with E-state index in [-0.39, 0.29) is 12.6 Å². The Morgan fingerprint density at radius 1 is 1.58 bits per heavy atom. The van der Waals surface area contributed by atoms with Gasteiger partial charge in [-0.15, -0.1) is 0 Å². The summed E-state index contributed by atoms with van der Waals surface area (Å²) in [5, 5.41) is 8.90. The first-order valence-electron chi connectivity index (χ1n) is 3.80. The molecule has 66 valence electrons. The number of aliphatic hydroxyl groups is 1. The summed E-state index contributed by atoms with van der Waals surface area (Å²) in [5.74, 6) is 0. The number of pyridine rings is 1. The molecule has 5 N–H and O–H groups in total. The fourth-order valence-corrected chi connectivity index (χ4v) is 1.05. The molecule has 1 aromatic heterocycles. The molecule has 12 heavy (non-hydrogen) atoms. The zero-order chi connectivity index (χ0) is 8.97. The first-order valence-corrected chi connectivity index (χ1v) is 3.80. The van der Waals surface area contributed by atoms with Gasteiger partial charge in [0.2, 0.25) is 0 Å². The third kappa shape index (κ3) is 1.79. The van der Waals surface area contributed by atoms with Gasteiger partial charge in [0, 0.05) is 18.8 Å². The Morgan fingerprint density at radius 2 is 2.33 bits per heavy atom. The van der Waals surface area contributed by atoms with E-state index in [4.69, 9.17) is 16.6 Å². The molecule has 0 spiro atoms. The molecular weight excluding hydrogens is 154 g/mol. The molecule has 0 fully saturated rings. The van der Waals surface area contributed by atoms with E-state index in [1.54, 1.807) is 12.3 Å². The van der Waals surface area contributed by atoms with E-state index in [0.717, 1.165) is 5.56 Å². The molecule has 0 amide bonds. The van der Waals surface area contributed by atoms with Gasteiger partial charge >= 0.3 is 0 Å². The summed E-state index contributed by atoms with van der Waals surface area (Å²) in [6, 6.07) is 3.38. The lowest BCUT2D eigenvalue weighted by Gasteiger charge is -2.11. The van der Waals surface area contributed by atoms with Gasteiger partial charge in [-0.3, -0.25) is 4.98 Å². The van der Waals surface area contributed by atoms with E-state index < -0.39 is 0 Å². The summed E-state index contributed by atoms with van der Waals surface area (Å²) < 4.78 is 0. The summed E-state index contributed by atoms with van der Waals surface area (Å²) in [7, 11) is 0. The highest BCUT2D eigenvalue weighted by Crippen LogP contribution is 2.12. The third-order valence-electron chi connectivity index (χ3n) is 1.73. The fourth-order valence-electron chi connectivity index (χ4n) is 1.05. The van der Waals surface area contributed by atoms with Crippen LogP contribution in [0.25, 0.3) is 0 Å². The molecule has 1 aromatic rings. The molecule has 4 heteroatoms. The lowest BCUT2D eigenvalue weighted by molar-refractivity contribution is 0.274. The summed E-state index contributed by atoms with van der Waals surface area (Å²) in [4.78, 5) is 3.98. The van der Waals surface area contributed by atoms with Crippen LogP contribution < -0.4 is 11.5 Å². The van der Waals surface area contributed by atoms with E-state index in [1.165, 1.54) is 0 Å². The minimum absolute atomic E-state index is 0.0934. The second-order valence-corrected chi connectivity index (χ2v) is 2.54. The topological polar surface area (TPSA) is 85.2 Å². The van der Waals surface area contributed by atoms with Gasteiger partial charge in [0.1, 0.15) is 0 Å². The number of rotatable bonds is 3. The van der Waals surface area contributed by atoms with Crippen molar-refractivity contribution >= 4 is 0 Å². The Bertz CT molecular complexity index is 252. The van der Waals surface area contributed by atoms with Crippen molar-refractivity contribution in [3.63, 3.8) is 0 Å². The number of nitrogens with two attached hydrogens (primary N) is 2. The summed E-state index contributed by atoms with van der Waals surface area (Å²) in [6.07, 6.45) is 1.62. The summed E-state index contributed by atoms with van der Waals surface area (Å²) in [6.45, 7) is 0.266. The first-order chi connectivity index (χ1) is 5.79. The van der Waals surface area contributed by atoms with Crippen LogP contribution in [0.5, 0.6) is 0 Å². The first kappa shape index (κ1) is 9.12. The number of hydrogen-bond donors (Lipinski definition) is 3. The average molecular weight is 167 g/mol. The lowest BCUT2D eigenvalue weighted by atomic mass is 10.1. The Balaban J connectivity index is 2.96. The van der Waals surface area contributed by atoms with Crippen molar-refractivity contribution in [1.82, 2.24) is 4.98 Å². The van der Waals surface area contributed by atoms with Crippen LogP contribution in [0, 0.1) is 0 Å². The quantitative estimate of drug-likeness (QED) is 0.568. The van der Waals surface area contributed by atoms with Gasteiger partial charge in [-0.05, 0) is 11.6 Å². The van der Waals surface area contributed by atoms with E-state index in [0.29, 0.717) is 12.2 Å². The Labute approximate surface area is 71.2 Å². The predicted molar refractivity (Wildman–Crippen MR) is 46.1 cm³/mol. The summed E-state index contributed by atoms with van der Waals surface area (Å²) >= 11 is 0. The van der Waals surface area contributed by atoms with E-state index in [2.05, 4.69) is 4.98 Å². The van der Waals surface area contributed by atoms with E-state index in [1.807, 2.05) is 6.07 Å². The maximum Gasteiger partial charge on any atom is 0.0856 e. The minimum Gasteiger partial charge on any atom is -0.390 e. The van der Waals surface area contributed by atoms with Crippen molar-refractivity contribution in [2.45, 2.75) is 12.6 Å². The van der Waals surface area contributed by atoms with Crippen molar-refractivity contribution in [2.75, 3.05) is 6.54 Å². The average Bonchev–Trinajstić information content (AvgIpc) is 2.16. The monoisotopic (exact) mass is 167 g/mol. The highest BCUT2D eigenvalue weighted by molar-refractivity contribution is 5.22. The molecule has 1 rings (SSSR count). The zero-order valence-corrected chi connectivity index (χ0v) is 6.77. The number of nitrogens with zero attached hydrogens (tertiary/aromatic N) is 1. The molecular formula is C8H13N3O. The lowest BCUT2D eigenvalue weighted by Crippen LogP contribution is -2.22. The van der Waals surface area contributed by atoms with Gasteiger partial charge in [-0.25, -0.2) is 0 Å². The molecule has 0 aliphatic heterocycles. The molecule has 0 aliphatic carbocycles. The van der Waals surface area contributed by atoms with Crippen molar-refractivity contribution in [1.29, 1.82) is 0 Å². The highest BCUT2D eigenvalue weighted by atomic mass is 16.3. The van der Waals surface area contributed by atoms with Crippen molar-refractivity contribution in [3.05, 3.63) is 29.6 Å². The largest absolute Gasteiger partial charge is 0.390 e. The van der Waals surface area contributed by atoms with Crippen LogP contribution in [0.4, 0.5) is 0 Å². The maximum absolute atomic E-state index is 8.90. The molecule has 0 radical (unpaired) electrons. The van der Waals surface area contributed by atoms with Crippen LogP contribution in [-0.4, -0.2) is 16.6 Å². The normalized spacial score (nSPS) is 12.9. The van der Waals surface area contributed by atoms with Crippen LogP contribution in [-0.2, 0) is 6.61 Å². The number of aromatic nitrogens is 1. The van der Waals surface area contributed by atoms with E-state index in [9.17, 15) is 0 Å². The van der Waals surface area contributed by atoms with Gasteiger partial charge in [-0.2, -0.15) is 0 Å². The predicted octanol–water partition coefficient (Wildman–Crippen LogP) is -0.468. The van der Waals surface area contributed by atoms with Gasteiger partial charge in [0.05, 0.1) is 12.3 Å². The fraction of sp³-hybridized carbons (Fsp3) is 0.375. The molecule has 0 saturated heterocycles. The molecule has 0 aromatic carbocycles. The Kier molecular flexibility index (Phi) is 3.16. The van der Waals surface area contributed by atoms with Gasteiger partial charge in [0.25, 0.3) is 0 Å². The summed E-state index contributed by atoms with van der Waals surface area (Å²) in [5.41, 5.74) is 12.5. The van der Waals surface area contributed by atoms with Gasteiger partial charge in [0.15, 0.2) is 0 Å². The smallest absolute Gasteiger partial charge is 0.0856 e. The minimum atomic E-state index is -0.235. The van der Waals surface area contributed by atoms with Crippen molar-refractivity contribution < 1.29 is 5.11 Å². The molecule has 0 unspecified atom stereocenters. The molecule has 0 aliphatic rings. The van der Waals surface area contributed by atoms with Crippen LogP contribution in [0.1, 0.15) is 17.3 Å². The molecule has 1 heterocycles. The van der Waals surface area contributed by atoms with Crippen LogP contribution in [0.3, 0.4) is 0 Å². The van der Waals surface area contributed by atoms with Crippen molar-refractivity contribution in [2.24, 2.45) is 11.5 Å². The van der Waals surface area contributed by atoms with Crippen LogP contribution >= 0.6 is 0 Å². The SMILES string of the molecule is NC[C@@H](N)c1cccnc1CO. The van der Waals surface area contributed by atoms with E-state index >= 15 is 0 Å². The maximum atomic E-state index is 8.90. The molecule has 0 saturated carbocycles. The zero-order valence-electron chi connectivity index (χ0n) is 6.77. The van der Waals surface area contributed by atoms with Crippen LogP contribution in [0.15, 0.2) is 18.3 Å². The molecule has 0 bridgehead atoms. The second kappa shape index (κ2) is 4.15. The van der Waals surface area contributed by atoms with Gasteiger partial charge < -0.3 is 16.6 Å².